The van der Waals surface area contributed by atoms with E-state index in [0.717, 1.165) is 30.3 Å². The second kappa shape index (κ2) is 7.63. The van der Waals surface area contributed by atoms with Crippen molar-refractivity contribution in [3.8, 4) is 0 Å². The summed E-state index contributed by atoms with van der Waals surface area (Å²) in [6.07, 6.45) is 4.08. The van der Waals surface area contributed by atoms with Crippen molar-refractivity contribution in [2.45, 2.75) is 26.2 Å². The summed E-state index contributed by atoms with van der Waals surface area (Å²) in [5.41, 5.74) is 1.10. The minimum Gasteiger partial charge on any atom is -0.361 e. The molecule has 16 heavy (non-hydrogen) atoms. The van der Waals surface area contributed by atoms with Crippen LogP contribution < -0.4 is 10.6 Å². The molecule has 1 aliphatic heterocycles. The van der Waals surface area contributed by atoms with E-state index >= 15 is 0 Å². The van der Waals surface area contributed by atoms with Crippen molar-refractivity contribution in [1.82, 2.24) is 15.5 Å². The summed E-state index contributed by atoms with van der Waals surface area (Å²) in [5, 5.41) is 7.08. The molecule has 92 valence electrons. The van der Waals surface area contributed by atoms with Crippen molar-refractivity contribution < 1.29 is 0 Å². The summed E-state index contributed by atoms with van der Waals surface area (Å²) < 4.78 is 0. The van der Waals surface area contributed by atoms with E-state index in [9.17, 15) is 0 Å². The standard InChI is InChI=1S/C12H23N3S/c1-11(2)10-14-12(16)13-6-9-15-7-4-3-5-8-15/h1,3-10H2,2H3,(H2,13,14,16). The maximum Gasteiger partial charge on any atom is 0.166 e. The molecule has 0 saturated carbocycles. The van der Waals surface area contributed by atoms with Gasteiger partial charge in [0.15, 0.2) is 5.11 Å². The van der Waals surface area contributed by atoms with Crippen LogP contribution in [0.3, 0.4) is 0 Å². The van der Waals surface area contributed by atoms with E-state index < -0.39 is 0 Å². The van der Waals surface area contributed by atoms with Gasteiger partial charge in [0.1, 0.15) is 0 Å². The molecule has 4 heteroatoms. The third-order valence-corrected chi connectivity index (χ3v) is 3.00. The molecule has 0 aromatic carbocycles. The summed E-state index contributed by atoms with van der Waals surface area (Å²) in [4.78, 5) is 2.50. The molecule has 1 saturated heterocycles. The summed E-state index contributed by atoms with van der Waals surface area (Å²) in [6.45, 7) is 11.1. The fourth-order valence-electron chi connectivity index (χ4n) is 1.80. The van der Waals surface area contributed by atoms with Crippen LogP contribution in [0.25, 0.3) is 0 Å². The molecular formula is C12H23N3S. The van der Waals surface area contributed by atoms with Crippen LogP contribution in [0.4, 0.5) is 0 Å². The van der Waals surface area contributed by atoms with Crippen LogP contribution in [0.1, 0.15) is 26.2 Å². The molecule has 0 radical (unpaired) electrons. The number of nitrogens with one attached hydrogen (secondary N) is 2. The lowest BCUT2D eigenvalue weighted by atomic mass is 10.1. The number of thiocarbonyl (C=S) groups is 1. The van der Waals surface area contributed by atoms with Crippen LogP contribution in [0, 0.1) is 0 Å². The van der Waals surface area contributed by atoms with Gasteiger partial charge in [-0.2, -0.15) is 0 Å². The fraction of sp³-hybridized carbons (Fsp3) is 0.750. The number of likely N-dealkylation sites (tertiary alicyclic amines) is 1. The lowest BCUT2D eigenvalue weighted by molar-refractivity contribution is 0.232. The Labute approximate surface area is 104 Å². The van der Waals surface area contributed by atoms with E-state index in [0.29, 0.717) is 0 Å². The first-order valence-electron chi connectivity index (χ1n) is 6.07. The molecule has 3 nitrogen and oxygen atoms in total. The zero-order valence-corrected chi connectivity index (χ0v) is 11.0. The molecule has 0 aromatic rings. The highest BCUT2D eigenvalue weighted by atomic mass is 32.1. The lowest BCUT2D eigenvalue weighted by Crippen LogP contribution is -2.41. The Hall–Kier alpha value is -0.610. The Morgan fingerprint density at radius 3 is 2.56 bits per heavy atom. The monoisotopic (exact) mass is 241 g/mol. The number of piperidine rings is 1. The first kappa shape index (κ1) is 13.5. The van der Waals surface area contributed by atoms with Crippen molar-refractivity contribution in [2.24, 2.45) is 0 Å². The molecule has 2 N–H and O–H groups in total. The van der Waals surface area contributed by atoms with Crippen LogP contribution in [-0.4, -0.2) is 42.7 Å². The van der Waals surface area contributed by atoms with Crippen LogP contribution in [-0.2, 0) is 0 Å². The smallest absolute Gasteiger partial charge is 0.166 e. The molecule has 0 spiro atoms. The average Bonchev–Trinajstić information content (AvgIpc) is 2.28. The quantitative estimate of drug-likeness (QED) is 0.564. The number of hydrogen-bond donors (Lipinski definition) is 2. The third kappa shape index (κ3) is 6.08. The first-order valence-corrected chi connectivity index (χ1v) is 6.48. The van der Waals surface area contributed by atoms with Crippen molar-refractivity contribution in [3.05, 3.63) is 12.2 Å². The molecule has 1 rings (SSSR count). The van der Waals surface area contributed by atoms with Crippen molar-refractivity contribution in [1.29, 1.82) is 0 Å². The van der Waals surface area contributed by atoms with Crippen molar-refractivity contribution in [2.75, 3.05) is 32.7 Å². The summed E-state index contributed by atoms with van der Waals surface area (Å²) in [5.74, 6) is 0. The zero-order valence-electron chi connectivity index (χ0n) is 10.2. The predicted molar refractivity (Wildman–Crippen MR) is 73.7 cm³/mol. The summed E-state index contributed by atoms with van der Waals surface area (Å²) >= 11 is 5.16. The highest BCUT2D eigenvalue weighted by Gasteiger charge is 2.08. The van der Waals surface area contributed by atoms with Gasteiger partial charge >= 0.3 is 0 Å². The van der Waals surface area contributed by atoms with Gasteiger partial charge in [-0.15, -0.1) is 0 Å². The Bertz CT molecular complexity index is 234. The molecule has 0 amide bonds. The molecule has 0 aliphatic carbocycles. The Morgan fingerprint density at radius 1 is 1.25 bits per heavy atom. The zero-order chi connectivity index (χ0) is 11.8. The van der Waals surface area contributed by atoms with E-state index in [1.165, 1.54) is 32.4 Å². The average molecular weight is 241 g/mol. The van der Waals surface area contributed by atoms with E-state index in [4.69, 9.17) is 12.2 Å². The molecule has 0 aromatic heterocycles. The highest BCUT2D eigenvalue weighted by molar-refractivity contribution is 7.80. The SMILES string of the molecule is C=C(C)CNC(=S)NCCN1CCCCC1. The van der Waals surface area contributed by atoms with Crippen LogP contribution in [0.2, 0.25) is 0 Å². The summed E-state index contributed by atoms with van der Waals surface area (Å²) in [6, 6.07) is 0. The lowest BCUT2D eigenvalue weighted by Gasteiger charge is -2.26. The predicted octanol–water partition coefficient (Wildman–Crippen LogP) is 1.51. The second-order valence-electron chi connectivity index (χ2n) is 4.47. The Balaban J connectivity index is 2.01. The van der Waals surface area contributed by atoms with Crippen molar-refractivity contribution >= 4 is 17.3 Å². The number of nitrogens with zero attached hydrogens (tertiary/aromatic N) is 1. The summed E-state index contributed by atoms with van der Waals surface area (Å²) in [7, 11) is 0. The number of hydrogen-bond acceptors (Lipinski definition) is 2. The van der Waals surface area contributed by atoms with E-state index in [2.05, 4.69) is 22.1 Å². The maximum absolute atomic E-state index is 5.16. The highest BCUT2D eigenvalue weighted by Crippen LogP contribution is 2.07. The third-order valence-electron chi connectivity index (χ3n) is 2.71. The molecule has 1 aliphatic rings. The molecule has 0 unspecified atom stereocenters. The van der Waals surface area contributed by atoms with Crippen LogP contribution in [0.15, 0.2) is 12.2 Å². The largest absolute Gasteiger partial charge is 0.361 e. The van der Waals surface area contributed by atoms with Gasteiger partial charge < -0.3 is 15.5 Å². The van der Waals surface area contributed by atoms with Gasteiger partial charge in [-0.25, -0.2) is 0 Å². The van der Waals surface area contributed by atoms with Crippen LogP contribution in [0.5, 0.6) is 0 Å². The Morgan fingerprint density at radius 2 is 1.94 bits per heavy atom. The maximum atomic E-state index is 5.16. The van der Waals surface area contributed by atoms with Crippen LogP contribution >= 0.6 is 12.2 Å². The molecule has 1 heterocycles. The minimum absolute atomic E-state index is 0.736. The van der Waals surface area contributed by atoms with Gasteiger partial charge in [0.2, 0.25) is 0 Å². The van der Waals surface area contributed by atoms with Gasteiger partial charge in [0, 0.05) is 19.6 Å². The van der Waals surface area contributed by atoms with Gasteiger partial charge in [0.25, 0.3) is 0 Å². The first-order chi connectivity index (χ1) is 7.68. The van der Waals surface area contributed by atoms with Gasteiger partial charge in [-0.3, -0.25) is 0 Å². The van der Waals surface area contributed by atoms with Crippen molar-refractivity contribution in [3.63, 3.8) is 0 Å². The van der Waals surface area contributed by atoms with Gasteiger partial charge in [0.05, 0.1) is 0 Å². The fourth-order valence-corrected chi connectivity index (χ4v) is 1.98. The Kier molecular flexibility index (Phi) is 6.42. The van der Waals surface area contributed by atoms with Gasteiger partial charge in [-0.05, 0) is 45.1 Å². The molecule has 1 fully saturated rings. The van der Waals surface area contributed by atoms with E-state index in [1.807, 2.05) is 6.92 Å². The second-order valence-corrected chi connectivity index (χ2v) is 4.88. The molecular weight excluding hydrogens is 218 g/mol. The molecule has 0 bridgehead atoms. The van der Waals surface area contributed by atoms with Gasteiger partial charge in [-0.1, -0.05) is 18.6 Å². The van der Waals surface area contributed by atoms with E-state index in [-0.39, 0.29) is 0 Å². The topological polar surface area (TPSA) is 27.3 Å². The number of rotatable bonds is 5. The normalized spacial score (nSPS) is 16.8. The molecule has 0 atom stereocenters. The minimum atomic E-state index is 0.736. The van der Waals surface area contributed by atoms with E-state index in [1.54, 1.807) is 0 Å².